The van der Waals surface area contributed by atoms with Crippen LogP contribution >= 0.6 is 0 Å². The molecule has 7 heteroatoms. The third kappa shape index (κ3) is 3.50. The van der Waals surface area contributed by atoms with Gasteiger partial charge in [-0.3, -0.25) is 0 Å². The highest BCUT2D eigenvalue weighted by atomic mass is 16.5. The van der Waals surface area contributed by atoms with Gasteiger partial charge in [-0.2, -0.15) is 4.98 Å². The lowest BCUT2D eigenvalue weighted by atomic mass is 10.2. The van der Waals surface area contributed by atoms with Crippen molar-refractivity contribution in [3.05, 3.63) is 72.1 Å². The number of aromatic nitrogens is 3. The quantitative estimate of drug-likeness (QED) is 0.515. The van der Waals surface area contributed by atoms with Gasteiger partial charge in [0.2, 0.25) is 5.95 Å². The van der Waals surface area contributed by atoms with Crippen molar-refractivity contribution in [3.63, 3.8) is 0 Å². The average molecular weight is 388 g/mol. The van der Waals surface area contributed by atoms with Crippen LogP contribution in [0.1, 0.15) is 15.9 Å². The highest BCUT2D eigenvalue weighted by Gasteiger charge is 2.15. The number of ether oxygens (including phenoxy) is 2. The Morgan fingerprint density at radius 2 is 1.93 bits per heavy atom. The number of methoxy groups -OCH3 is 2. The Bertz CT molecular complexity index is 1200. The first kappa shape index (κ1) is 18.5. The van der Waals surface area contributed by atoms with E-state index >= 15 is 0 Å². The zero-order valence-corrected chi connectivity index (χ0v) is 16.3. The standard InChI is InChI=1S/C22H20N4O3/c1-14-8-9-16(28-2)12-18(14)24-22-23-13-15-10-11-26(20(15)25-22)19-7-5-4-6-17(19)21(27)29-3/h4-13H,1-3H3,(H,23,24,25). The van der Waals surface area contributed by atoms with E-state index in [9.17, 15) is 4.79 Å². The first-order chi connectivity index (χ1) is 14.1. The van der Waals surface area contributed by atoms with Crippen molar-refractivity contribution in [2.45, 2.75) is 6.92 Å². The predicted octanol–water partition coefficient (Wildman–Crippen LogP) is 4.27. The second-order valence-electron chi connectivity index (χ2n) is 6.47. The molecular weight excluding hydrogens is 368 g/mol. The van der Waals surface area contributed by atoms with Crippen LogP contribution in [-0.4, -0.2) is 34.7 Å². The van der Waals surface area contributed by atoms with Crippen molar-refractivity contribution in [2.24, 2.45) is 0 Å². The van der Waals surface area contributed by atoms with Crippen molar-refractivity contribution in [1.82, 2.24) is 14.5 Å². The van der Waals surface area contributed by atoms with Crippen molar-refractivity contribution in [3.8, 4) is 11.4 Å². The molecule has 0 spiro atoms. The summed E-state index contributed by atoms with van der Waals surface area (Å²) in [4.78, 5) is 21.3. The normalized spacial score (nSPS) is 10.7. The summed E-state index contributed by atoms with van der Waals surface area (Å²) in [6.45, 7) is 2.00. The molecule has 2 aromatic carbocycles. The van der Waals surface area contributed by atoms with E-state index in [2.05, 4.69) is 15.3 Å². The molecule has 29 heavy (non-hydrogen) atoms. The van der Waals surface area contributed by atoms with Crippen LogP contribution in [0.2, 0.25) is 0 Å². The van der Waals surface area contributed by atoms with Gasteiger partial charge in [-0.25, -0.2) is 9.78 Å². The van der Waals surface area contributed by atoms with Crippen LogP contribution in [0.3, 0.4) is 0 Å². The Morgan fingerprint density at radius 1 is 1.10 bits per heavy atom. The van der Waals surface area contributed by atoms with Crippen LogP contribution in [0.5, 0.6) is 5.75 Å². The first-order valence-corrected chi connectivity index (χ1v) is 9.04. The molecule has 0 saturated heterocycles. The number of esters is 1. The Kier molecular flexibility index (Phi) is 4.87. The molecule has 0 unspecified atom stereocenters. The number of fused-ring (bicyclic) bond motifs is 1. The lowest BCUT2D eigenvalue weighted by molar-refractivity contribution is 0.0601. The highest BCUT2D eigenvalue weighted by molar-refractivity contribution is 5.94. The maximum absolute atomic E-state index is 12.2. The minimum Gasteiger partial charge on any atom is -0.497 e. The summed E-state index contributed by atoms with van der Waals surface area (Å²) in [5, 5.41) is 4.11. The number of anilines is 2. The fraction of sp³-hybridized carbons (Fsp3) is 0.136. The van der Waals surface area contributed by atoms with Gasteiger partial charge >= 0.3 is 5.97 Å². The molecule has 0 radical (unpaired) electrons. The smallest absolute Gasteiger partial charge is 0.339 e. The number of hydrogen-bond donors (Lipinski definition) is 1. The van der Waals surface area contributed by atoms with Gasteiger partial charge in [0.05, 0.1) is 25.5 Å². The molecule has 4 rings (SSSR count). The van der Waals surface area contributed by atoms with Crippen molar-refractivity contribution >= 4 is 28.6 Å². The minimum absolute atomic E-state index is 0.401. The van der Waals surface area contributed by atoms with Crippen molar-refractivity contribution < 1.29 is 14.3 Å². The number of carbonyl (C=O) groups is 1. The number of hydrogen-bond acceptors (Lipinski definition) is 6. The van der Waals surface area contributed by atoms with Crippen molar-refractivity contribution in [2.75, 3.05) is 19.5 Å². The second-order valence-corrected chi connectivity index (χ2v) is 6.47. The molecule has 2 aromatic heterocycles. The van der Waals surface area contributed by atoms with Crippen LogP contribution in [0.25, 0.3) is 16.7 Å². The third-order valence-corrected chi connectivity index (χ3v) is 4.69. The van der Waals surface area contributed by atoms with E-state index < -0.39 is 5.97 Å². The summed E-state index contributed by atoms with van der Waals surface area (Å²) in [6.07, 6.45) is 3.61. The lowest BCUT2D eigenvalue weighted by Crippen LogP contribution is -2.08. The molecule has 4 aromatic rings. The molecule has 0 aliphatic heterocycles. The van der Waals surface area contributed by atoms with E-state index in [-0.39, 0.29) is 0 Å². The van der Waals surface area contributed by atoms with E-state index in [4.69, 9.17) is 9.47 Å². The molecule has 0 aliphatic carbocycles. The number of aryl methyl sites for hydroxylation is 1. The molecule has 0 saturated carbocycles. The summed E-state index contributed by atoms with van der Waals surface area (Å²) < 4.78 is 12.1. The minimum atomic E-state index is -0.401. The Hall–Kier alpha value is -3.87. The molecule has 0 atom stereocenters. The highest BCUT2D eigenvalue weighted by Crippen LogP contribution is 2.26. The van der Waals surface area contributed by atoms with Gasteiger partial charge in [0, 0.05) is 29.5 Å². The number of carbonyl (C=O) groups excluding carboxylic acids is 1. The summed E-state index contributed by atoms with van der Waals surface area (Å²) in [5.74, 6) is 0.792. The Morgan fingerprint density at radius 3 is 2.72 bits per heavy atom. The van der Waals surface area contributed by atoms with Crippen LogP contribution in [-0.2, 0) is 4.74 Å². The zero-order valence-electron chi connectivity index (χ0n) is 16.3. The molecule has 146 valence electrons. The summed E-state index contributed by atoms with van der Waals surface area (Å²) >= 11 is 0. The SMILES string of the molecule is COC(=O)c1ccccc1-n1ccc2cnc(Nc3cc(OC)ccc3C)nc21. The molecule has 0 amide bonds. The van der Waals surface area contributed by atoms with Crippen LogP contribution < -0.4 is 10.1 Å². The molecule has 2 heterocycles. The number of para-hydroxylation sites is 1. The van der Waals surface area contributed by atoms with E-state index in [0.29, 0.717) is 22.8 Å². The van der Waals surface area contributed by atoms with Gasteiger partial charge < -0.3 is 19.4 Å². The monoisotopic (exact) mass is 388 g/mol. The molecular formula is C22H20N4O3. The van der Waals surface area contributed by atoms with Gasteiger partial charge in [-0.1, -0.05) is 18.2 Å². The van der Waals surface area contributed by atoms with E-state index in [1.54, 1.807) is 25.4 Å². The van der Waals surface area contributed by atoms with Crippen LogP contribution in [0.4, 0.5) is 11.6 Å². The molecule has 0 fully saturated rings. The molecule has 7 nitrogen and oxygen atoms in total. The zero-order chi connectivity index (χ0) is 20.4. The Labute approximate surface area is 167 Å². The second kappa shape index (κ2) is 7.63. The van der Waals surface area contributed by atoms with Gasteiger partial charge in [0.25, 0.3) is 0 Å². The fourth-order valence-electron chi connectivity index (χ4n) is 3.12. The van der Waals surface area contributed by atoms with Gasteiger partial charge in [0.15, 0.2) is 0 Å². The first-order valence-electron chi connectivity index (χ1n) is 9.04. The fourth-order valence-corrected chi connectivity index (χ4v) is 3.12. The van der Waals surface area contributed by atoms with E-state index in [0.717, 1.165) is 22.4 Å². The Balaban J connectivity index is 1.78. The largest absolute Gasteiger partial charge is 0.497 e. The van der Waals surface area contributed by atoms with E-state index in [1.165, 1.54) is 7.11 Å². The number of nitrogens with zero attached hydrogens (tertiary/aromatic N) is 3. The summed E-state index contributed by atoms with van der Waals surface area (Å²) in [5.41, 5.74) is 3.73. The lowest BCUT2D eigenvalue weighted by Gasteiger charge is -2.12. The van der Waals surface area contributed by atoms with Crippen LogP contribution in [0.15, 0.2) is 60.9 Å². The maximum Gasteiger partial charge on any atom is 0.339 e. The summed E-state index contributed by atoms with van der Waals surface area (Å²) in [7, 11) is 3.00. The third-order valence-electron chi connectivity index (χ3n) is 4.69. The number of benzene rings is 2. The summed E-state index contributed by atoms with van der Waals surface area (Å²) in [6, 6.07) is 14.9. The maximum atomic E-state index is 12.2. The molecule has 0 bridgehead atoms. The van der Waals surface area contributed by atoms with Gasteiger partial charge in [0.1, 0.15) is 11.4 Å². The number of rotatable bonds is 5. The number of nitrogens with one attached hydrogen (secondary N) is 1. The van der Waals surface area contributed by atoms with Crippen molar-refractivity contribution in [1.29, 1.82) is 0 Å². The van der Waals surface area contributed by atoms with E-state index in [1.807, 2.05) is 54.1 Å². The average Bonchev–Trinajstić information content (AvgIpc) is 3.18. The molecule has 1 N–H and O–H groups in total. The molecule has 0 aliphatic rings. The topological polar surface area (TPSA) is 78.3 Å². The van der Waals surface area contributed by atoms with Crippen LogP contribution in [0, 0.1) is 6.92 Å². The van der Waals surface area contributed by atoms with Gasteiger partial charge in [-0.05, 0) is 36.8 Å². The predicted molar refractivity (Wildman–Crippen MR) is 111 cm³/mol. The van der Waals surface area contributed by atoms with Gasteiger partial charge in [-0.15, -0.1) is 0 Å².